The summed E-state index contributed by atoms with van der Waals surface area (Å²) < 4.78 is 10.8. The predicted molar refractivity (Wildman–Crippen MR) is 84.5 cm³/mol. The first kappa shape index (κ1) is 15.4. The predicted octanol–water partition coefficient (Wildman–Crippen LogP) is 4.34. The number of hydrogen-bond acceptors (Lipinski definition) is 3. The first-order valence-corrected chi connectivity index (χ1v) is 7.57. The summed E-state index contributed by atoms with van der Waals surface area (Å²) in [6.07, 6.45) is 3.28. The number of fused-ring (bicyclic) bond motifs is 1. The average molecular weight is 286 g/mol. The summed E-state index contributed by atoms with van der Waals surface area (Å²) >= 11 is 0. The molecule has 0 aliphatic carbocycles. The molecule has 0 amide bonds. The molecule has 21 heavy (non-hydrogen) atoms. The zero-order valence-electron chi connectivity index (χ0n) is 12.5. The van der Waals surface area contributed by atoms with Crippen molar-refractivity contribution < 1.29 is 14.3 Å². The highest BCUT2D eigenvalue weighted by Gasteiger charge is 2.02. The lowest BCUT2D eigenvalue weighted by Crippen LogP contribution is -2.04. The largest absolute Gasteiger partial charge is 0.493 e. The maximum Gasteiger partial charge on any atom is 0.305 e. The summed E-state index contributed by atoms with van der Waals surface area (Å²) in [5, 5.41) is 2.34. The Balaban J connectivity index is 1.72. The van der Waals surface area contributed by atoms with Gasteiger partial charge in [-0.05, 0) is 37.6 Å². The molecule has 0 N–H and O–H groups in total. The molecule has 0 spiro atoms. The van der Waals surface area contributed by atoms with Crippen LogP contribution in [0.15, 0.2) is 42.5 Å². The van der Waals surface area contributed by atoms with Gasteiger partial charge in [0.25, 0.3) is 0 Å². The van der Waals surface area contributed by atoms with Crippen molar-refractivity contribution in [2.45, 2.75) is 32.6 Å². The molecule has 0 atom stereocenters. The second kappa shape index (κ2) is 8.30. The van der Waals surface area contributed by atoms with Crippen LogP contribution in [0.3, 0.4) is 0 Å². The fourth-order valence-corrected chi connectivity index (χ4v) is 2.29. The topological polar surface area (TPSA) is 35.5 Å². The van der Waals surface area contributed by atoms with Gasteiger partial charge in [0.15, 0.2) is 0 Å². The number of esters is 1. The maximum absolute atomic E-state index is 11.2. The summed E-state index contributed by atoms with van der Waals surface area (Å²) in [6, 6.07) is 14.3. The van der Waals surface area contributed by atoms with E-state index >= 15 is 0 Å². The highest BCUT2D eigenvalue weighted by atomic mass is 16.5. The van der Waals surface area contributed by atoms with Crippen LogP contribution in [0.25, 0.3) is 10.8 Å². The number of rotatable bonds is 8. The Morgan fingerprint density at radius 1 is 1.00 bits per heavy atom. The van der Waals surface area contributed by atoms with E-state index in [9.17, 15) is 4.79 Å². The zero-order valence-corrected chi connectivity index (χ0v) is 12.5. The Morgan fingerprint density at radius 2 is 1.81 bits per heavy atom. The Kier molecular flexibility index (Phi) is 6.07. The molecule has 3 nitrogen and oxygen atoms in total. The molecule has 0 fully saturated rings. The minimum atomic E-state index is -0.104. The van der Waals surface area contributed by atoms with Crippen LogP contribution in [0.1, 0.15) is 32.6 Å². The van der Waals surface area contributed by atoms with Gasteiger partial charge in [-0.1, -0.05) is 36.4 Å². The van der Waals surface area contributed by atoms with Crippen molar-refractivity contribution in [3.8, 4) is 5.75 Å². The van der Waals surface area contributed by atoms with E-state index in [1.54, 1.807) is 0 Å². The van der Waals surface area contributed by atoms with Crippen LogP contribution in [0.5, 0.6) is 5.75 Å². The van der Waals surface area contributed by atoms with E-state index in [1.165, 1.54) is 5.39 Å². The molecule has 2 aromatic carbocycles. The highest BCUT2D eigenvalue weighted by molar-refractivity contribution is 5.88. The van der Waals surface area contributed by atoms with Gasteiger partial charge in [-0.3, -0.25) is 4.79 Å². The minimum absolute atomic E-state index is 0.104. The van der Waals surface area contributed by atoms with E-state index in [-0.39, 0.29) is 5.97 Å². The standard InChI is InChI=1S/C18H22O3/c1-2-20-18(19)13-4-3-7-14-21-17-12-8-10-15-9-5-6-11-16(15)17/h5-6,8-12H,2-4,7,13-14H2,1H3. The molecule has 0 aromatic heterocycles. The summed E-state index contributed by atoms with van der Waals surface area (Å²) in [4.78, 5) is 11.2. The van der Waals surface area contributed by atoms with E-state index < -0.39 is 0 Å². The van der Waals surface area contributed by atoms with Crippen molar-refractivity contribution in [2.75, 3.05) is 13.2 Å². The number of carbonyl (C=O) groups is 1. The van der Waals surface area contributed by atoms with Gasteiger partial charge in [0.1, 0.15) is 5.75 Å². The molecule has 0 saturated heterocycles. The second-order valence-corrected chi connectivity index (χ2v) is 4.94. The van der Waals surface area contributed by atoms with E-state index in [2.05, 4.69) is 18.2 Å². The fraction of sp³-hybridized carbons (Fsp3) is 0.389. The number of benzene rings is 2. The van der Waals surface area contributed by atoms with Gasteiger partial charge in [0.05, 0.1) is 13.2 Å². The molecule has 112 valence electrons. The first-order valence-electron chi connectivity index (χ1n) is 7.57. The monoisotopic (exact) mass is 286 g/mol. The molecule has 0 unspecified atom stereocenters. The van der Waals surface area contributed by atoms with Crippen molar-refractivity contribution in [1.29, 1.82) is 0 Å². The van der Waals surface area contributed by atoms with Gasteiger partial charge in [0.2, 0.25) is 0 Å². The third-order valence-electron chi connectivity index (χ3n) is 3.34. The minimum Gasteiger partial charge on any atom is -0.493 e. The van der Waals surface area contributed by atoms with Crippen LogP contribution in [-0.2, 0) is 9.53 Å². The number of carbonyl (C=O) groups excluding carboxylic acids is 1. The normalized spacial score (nSPS) is 10.5. The van der Waals surface area contributed by atoms with Gasteiger partial charge < -0.3 is 9.47 Å². The number of unbranched alkanes of at least 4 members (excludes halogenated alkanes) is 2. The summed E-state index contributed by atoms with van der Waals surface area (Å²) in [7, 11) is 0. The molecular weight excluding hydrogens is 264 g/mol. The van der Waals surface area contributed by atoms with Crippen LogP contribution in [-0.4, -0.2) is 19.2 Å². The molecule has 3 heteroatoms. The van der Waals surface area contributed by atoms with E-state index in [0.717, 1.165) is 30.4 Å². The number of hydrogen-bond donors (Lipinski definition) is 0. The van der Waals surface area contributed by atoms with E-state index in [0.29, 0.717) is 19.6 Å². The van der Waals surface area contributed by atoms with Crippen LogP contribution in [0, 0.1) is 0 Å². The van der Waals surface area contributed by atoms with E-state index in [1.807, 2.05) is 31.2 Å². The molecular formula is C18H22O3. The van der Waals surface area contributed by atoms with Crippen LogP contribution in [0.4, 0.5) is 0 Å². The molecule has 0 aliphatic rings. The van der Waals surface area contributed by atoms with Gasteiger partial charge in [-0.2, -0.15) is 0 Å². The zero-order chi connectivity index (χ0) is 14.9. The second-order valence-electron chi connectivity index (χ2n) is 4.94. The Morgan fingerprint density at radius 3 is 2.67 bits per heavy atom. The van der Waals surface area contributed by atoms with Crippen LogP contribution < -0.4 is 4.74 Å². The quantitative estimate of drug-likeness (QED) is 0.535. The number of ether oxygens (including phenoxy) is 2. The lowest BCUT2D eigenvalue weighted by Gasteiger charge is -2.09. The molecule has 0 bridgehead atoms. The molecule has 0 aliphatic heterocycles. The average Bonchev–Trinajstić information content (AvgIpc) is 2.51. The van der Waals surface area contributed by atoms with Crippen LogP contribution >= 0.6 is 0 Å². The SMILES string of the molecule is CCOC(=O)CCCCCOc1cccc2ccccc12. The van der Waals surface area contributed by atoms with Crippen molar-refractivity contribution in [3.05, 3.63) is 42.5 Å². The Hall–Kier alpha value is -2.03. The van der Waals surface area contributed by atoms with Gasteiger partial charge in [0, 0.05) is 11.8 Å². The lowest BCUT2D eigenvalue weighted by molar-refractivity contribution is -0.143. The van der Waals surface area contributed by atoms with Crippen molar-refractivity contribution in [1.82, 2.24) is 0 Å². The summed E-state index contributed by atoms with van der Waals surface area (Å²) in [6.45, 7) is 2.97. The van der Waals surface area contributed by atoms with Gasteiger partial charge in [-0.25, -0.2) is 0 Å². The molecule has 2 aromatic rings. The van der Waals surface area contributed by atoms with Gasteiger partial charge in [-0.15, -0.1) is 0 Å². The fourth-order valence-electron chi connectivity index (χ4n) is 2.29. The highest BCUT2D eigenvalue weighted by Crippen LogP contribution is 2.25. The van der Waals surface area contributed by atoms with Crippen LogP contribution in [0.2, 0.25) is 0 Å². The molecule has 0 saturated carbocycles. The smallest absolute Gasteiger partial charge is 0.305 e. The van der Waals surface area contributed by atoms with Crippen molar-refractivity contribution >= 4 is 16.7 Å². The first-order chi connectivity index (χ1) is 10.3. The summed E-state index contributed by atoms with van der Waals surface area (Å²) in [5.74, 6) is 0.825. The Bertz CT molecular complexity index is 572. The van der Waals surface area contributed by atoms with Crippen molar-refractivity contribution in [2.24, 2.45) is 0 Å². The van der Waals surface area contributed by atoms with Gasteiger partial charge >= 0.3 is 5.97 Å². The lowest BCUT2D eigenvalue weighted by atomic mass is 10.1. The maximum atomic E-state index is 11.2. The molecule has 0 radical (unpaired) electrons. The molecule has 2 rings (SSSR count). The molecule has 0 heterocycles. The Labute approximate surface area is 125 Å². The third kappa shape index (κ3) is 4.78. The third-order valence-corrected chi connectivity index (χ3v) is 3.34. The summed E-state index contributed by atoms with van der Waals surface area (Å²) in [5.41, 5.74) is 0. The van der Waals surface area contributed by atoms with Crippen molar-refractivity contribution in [3.63, 3.8) is 0 Å². The van der Waals surface area contributed by atoms with E-state index in [4.69, 9.17) is 9.47 Å².